The van der Waals surface area contributed by atoms with Gasteiger partial charge in [-0.2, -0.15) is 4.98 Å². The Morgan fingerprint density at radius 3 is 2.64 bits per heavy atom. The molecule has 1 heterocycles. The Labute approximate surface area is 129 Å². The van der Waals surface area contributed by atoms with Crippen molar-refractivity contribution in [3.05, 3.63) is 60.9 Å². The summed E-state index contributed by atoms with van der Waals surface area (Å²) in [6.07, 6.45) is 1.83. The molecule has 0 atom stereocenters. The smallest absolute Gasteiger partial charge is 0.246 e. The highest BCUT2D eigenvalue weighted by molar-refractivity contribution is 5.55. The third-order valence-corrected chi connectivity index (χ3v) is 2.97. The monoisotopic (exact) mass is 294 g/mol. The van der Waals surface area contributed by atoms with E-state index in [0.717, 1.165) is 17.1 Å². The molecule has 3 aromatic rings. The zero-order chi connectivity index (χ0) is 15.4. The fraction of sp³-hybridized carbons (Fsp3) is 0.176. The van der Waals surface area contributed by atoms with Crippen molar-refractivity contribution < 1.29 is 4.74 Å². The Balaban J connectivity index is 1.75. The summed E-state index contributed by atoms with van der Waals surface area (Å²) in [5, 5.41) is 7.60. The molecule has 0 amide bonds. The number of benzene rings is 2. The number of para-hydroxylation sites is 1. The van der Waals surface area contributed by atoms with Crippen molar-refractivity contribution >= 4 is 11.6 Å². The molecule has 0 radical (unpaired) electrons. The van der Waals surface area contributed by atoms with Crippen LogP contribution in [0.1, 0.15) is 13.8 Å². The van der Waals surface area contributed by atoms with Gasteiger partial charge >= 0.3 is 0 Å². The number of hydrogen-bond donors (Lipinski definition) is 1. The van der Waals surface area contributed by atoms with E-state index in [1.54, 1.807) is 11.0 Å². The summed E-state index contributed by atoms with van der Waals surface area (Å²) in [7, 11) is 0. The number of aromatic nitrogens is 3. The number of anilines is 2. The van der Waals surface area contributed by atoms with Gasteiger partial charge in [0.05, 0.1) is 11.8 Å². The second-order valence-electron chi connectivity index (χ2n) is 5.17. The van der Waals surface area contributed by atoms with E-state index in [-0.39, 0.29) is 6.10 Å². The van der Waals surface area contributed by atoms with Crippen molar-refractivity contribution in [3.63, 3.8) is 0 Å². The summed E-state index contributed by atoms with van der Waals surface area (Å²) in [6, 6.07) is 17.6. The van der Waals surface area contributed by atoms with Crippen molar-refractivity contribution in [2.75, 3.05) is 5.32 Å². The van der Waals surface area contributed by atoms with Crippen LogP contribution in [0.4, 0.5) is 11.6 Å². The van der Waals surface area contributed by atoms with Gasteiger partial charge in [-0.05, 0) is 38.1 Å². The normalized spacial score (nSPS) is 10.7. The summed E-state index contributed by atoms with van der Waals surface area (Å²) in [4.78, 5) is 4.28. The quantitative estimate of drug-likeness (QED) is 0.777. The van der Waals surface area contributed by atoms with Crippen molar-refractivity contribution in [3.8, 4) is 11.4 Å². The molecule has 5 nitrogen and oxygen atoms in total. The van der Waals surface area contributed by atoms with Gasteiger partial charge in [0.2, 0.25) is 5.95 Å². The number of ether oxygens (including phenoxy) is 1. The van der Waals surface area contributed by atoms with Crippen LogP contribution in [0.5, 0.6) is 5.75 Å². The molecule has 1 N–H and O–H groups in total. The molecule has 0 aliphatic carbocycles. The predicted octanol–water partition coefficient (Wildman–Crippen LogP) is 3.80. The van der Waals surface area contributed by atoms with Gasteiger partial charge in [-0.3, -0.25) is 0 Å². The van der Waals surface area contributed by atoms with E-state index in [1.807, 2.05) is 68.4 Å². The molecule has 112 valence electrons. The van der Waals surface area contributed by atoms with Gasteiger partial charge < -0.3 is 10.1 Å². The lowest BCUT2D eigenvalue weighted by Crippen LogP contribution is -2.05. The highest BCUT2D eigenvalue weighted by Crippen LogP contribution is 2.21. The summed E-state index contributed by atoms with van der Waals surface area (Å²) < 4.78 is 7.41. The van der Waals surface area contributed by atoms with Crippen LogP contribution in [0, 0.1) is 0 Å². The topological polar surface area (TPSA) is 52.0 Å². The second-order valence-corrected chi connectivity index (χ2v) is 5.17. The zero-order valence-corrected chi connectivity index (χ0v) is 12.6. The first-order chi connectivity index (χ1) is 10.7. The minimum atomic E-state index is 0.144. The van der Waals surface area contributed by atoms with E-state index in [0.29, 0.717) is 5.95 Å². The molecule has 0 aliphatic rings. The molecule has 0 unspecified atom stereocenters. The Bertz CT molecular complexity index is 737. The molecule has 0 aliphatic heterocycles. The van der Waals surface area contributed by atoms with Crippen LogP contribution in [0.25, 0.3) is 5.69 Å². The van der Waals surface area contributed by atoms with E-state index >= 15 is 0 Å². The minimum Gasteiger partial charge on any atom is -0.491 e. The fourth-order valence-electron chi connectivity index (χ4n) is 2.07. The van der Waals surface area contributed by atoms with Crippen molar-refractivity contribution in [2.45, 2.75) is 20.0 Å². The van der Waals surface area contributed by atoms with E-state index in [2.05, 4.69) is 15.4 Å². The average molecular weight is 294 g/mol. The first-order valence-corrected chi connectivity index (χ1v) is 7.21. The molecule has 2 aromatic carbocycles. The van der Waals surface area contributed by atoms with Crippen LogP contribution < -0.4 is 10.1 Å². The van der Waals surface area contributed by atoms with Crippen molar-refractivity contribution in [1.29, 1.82) is 0 Å². The number of hydrogen-bond acceptors (Lipinski definition) is 4. The summed E-state index contributed by atoms with van der Waals surface area (Å²) in [6.45, 7) is 4.01. The molecular weight excluding hydrogens is 276 g/mol. The number of rotatable bonds is 5. The fourth-order valence-corrected chi connectivity index (χ4v) is 2.07. The first kappa shape index (κ1) is 14.1. The number of nitrogens with zero attached hydrogens (tertiary/aromatic N) is 3. The van der Waals surface area contributed by atoms with Gasteiger partial charge in [0.25, 0.3) is 0 Å². The Kier molecular flexibility index (Phi) is 4.05. The minimum absolute atomic E-state index is 0.144. The molecule has 0 saturated carbocycles. The maximum Gasteiger partial charge on any atom is 0.246 e. The maximum absolute atomic E-state index is 5.68. The van der Waals surface area contributed by atoms with Gasteiger partial charge in [-0.25, -0.2) is 4.68 Å². The lowest BCUT2D eigenvalue weighted by atomic mass is 10.3. The lowest BCUT2D eigenvalue weighted by molar-refractivity contribution is 0.242. The van der Waals surface area contributed by atoms with Crippen molar-refractivity contribution in [2.24, 2.45) is 0 Å². The van der Waals surface area contributed by atoms with Crippen LogP contribution in [0.3, 0.4) is 0 Å². The van der Waals surface area contributed by atoms with E-state index in [4.69, 9.17) is 4.74 Å². The third-order valence-electron chi connectivity index (χ3n) is 2.97. The number of nitrogens with one attached hydrogen (secondary N) is 1. The van der Waals surface area contributed by atoms with Crippen LogP contribution in [-0.2, 0) is 0 Å². The highest BCUT2D eigenvalue weighted by atomic mass is 16.5. The Hall–Kier alpha value is -2.82. The largest absolute Gasteiger partial charge is 0.491 e. The third kappa shape index (κ3) is 3.44. The molecule has 0 bridgehead atoms. The maximum atomic E-state index is 5.68. The van der Waals surface area contributed by atoms with Crippen LogP contribution in [0.15, 0.2) is 60.9 Å². The van der Waals surface area contributed by atoms with Gasteiger partial charge in [-0.15, -0.1) is 5.10 Å². The highest BCUT2D eigenvalue weighted by Gasteiger charge is 2.04. The Morgan fingerprint density at radius 2 is 1.86 bits per heavy atom. The Morgan fingerprint density at radius 1 is 1.05 bits per heavy atom. The summed E-state index contributed by atoms with van der Waals surface area (Å²) >= 11 is 0. The van der Waals surface area contributed by atoms with E-state index in [9.17, 15) is 0 Å². The molecule has 0 fully saturated rings. The predicted molar refractivity (Wildman–Crippen MR) is 86.8 cm³/mol. The van der Waals surface area contributed by atoms with Gasteiger partial charge in [0.15, 0.2) is 0 Å². The molecule has 5 heteroatoms. The van der Waals surface area contributed by atoms with Gasteiger partial charge in [0.1, 0.15) is 12.1 Å². The van der Waals surface area contributed by atoms with Crippen LogP contribution in [-0.4, -0.2) is 20.9 Å². The average Bonchev–Trinajstić information content (AvgIpc) is 2.96. The molecule has 1 aromatic heterocycles. The zero-order valence-electron chi connectivity index (χ0n) is 12.6. The van der Waals surface area contributed by atoms with Gasteiger partial charge in [-0.1, -0.05) is 24.3 Å². The SMILES string of the molecule is CC(C)Oc1cccc(Nc2ncn(-c3ccccc3)n2)c1. The molecule has 22 heavy (non-hydrogen) atoms. The van der Waals surface area contributed by atoms with E-state index < -0.39 is 0 Å². The molecular formula is C17H18N4O. The lowest BCUT2D eigenvalue weighted by Gasteiger charge is -2.10. The summed E-state index contributed by atoms with van der Waals surface area (Å²) in [5.41, 5.74) is 1.86. The summed E-state index contributed by atoms with van der Waals surface area (Å²) in [5.74, 6) is 1.37. The standard InChI is InChI=1S/C17H18N4O/c1-13(2)22-16-10-6-7-14(11-16)19-17-18-12-21(20-17)15-8-4-3-5-9-15/h3-13H,1-2H3,(H,19,20). The van der Waals surface area contributed by atoms with Crippen molar-refractivity contribution in [1.82, 2.24) is 14.8 Å². The molecule has 0 saturated heterocycles. The van der Waals surface area contributed by atoms with Crippen LogP contribution >= 0.6 is 0 Å². The molecule has 3 rings (SSSR count). The first-order valence-electron chi connectivity index (χ1n) is 7.21. The van der Waals surface area contributed by atoms with Crippen LogP contribution in [0.2, 0.25) is 0 Å². The molecule has 0 spiro atoms. The van der Waals surface area contributed by atoms with Gasteiger partial charge in [0, 0.05) is 11.8 Å². The van der Waals surface area contributed by atoms with E-state index in [1.165, 1.54) is 0 Å². The second kappa shape index (κ2) is 6.30.